The summed E-state index contributed by atoms with van der Waals surface area (Å²) in [4.78, 5) is 21.5. The van der Waals surface area contributed by atoms with E-state index >= 15 is 0 Å². The fraction of sp³-hybridized carbons (Fsp3) is 0.381. The number of hydrogen-bond donors (Lipinski definition) is 1. The van der Waals surface area contributed by atoms with Crippen molar-refractivity contribution in [3.05, 3.63) is 40.8 Å². The molecule has 0 saturated heterocycles. The number of benzene rings is 1. The molecule has 6 nitrogen and oxygen atoms in total. The highest BCUT2D eigenvalue weighted by atomic mass is 32.1. The monoisotopic (exact) mass is 451 g/mol. The van der Waals surface area contributed by atoms with Crippen LogP contribution in [0.3, 0.4) is 0 Å². The third-order valence-electron chi connectivity index (χ3n) is 5.25. The third kappa shape index (κ3) is 4.43. The van der Waals surface area contributed by atoms with Crippen molar-refractivity contribution in [2.75, 3.05) is 12.4 Å². The Morgan fingerprint density at radius 3 is 2.71 bits per heavy atom. The Morgan fingerprint density at radius 2 is 2.00 bits per heavy atom. The van der Waals surface area contributed by atoms with Gasteiger partial charge in [0.25, 0.3) is 0 Å². The second kappa shape index (κ2) is 8.33. The Morgan fingerprint density at radius 1 is 1.26 bits per heavy atom. The van der Waals surface area contributed by atoms with Crippen LogP contribution in [0.25, 0.3) is 10.2 Å². The number of thiophene rings is 1. The molecule has 0 bridgehead atoms. The minimum absolute atomic E-state index is 0.187. The van der Waals surface area contributed by atoms with Crippen molar-refractivity contribution in [2.24, 2.45) is 0 Å². The number of aromatic nitrogens is 2. The number of carbonyl (C=O) groups excluding carboxylic acids is 1. The van der Waals surface area contributed by atoms with Crippen LogP contribution in [-0.2, 0) is 4.74 Å². The van der Waals surface area contributed by atoms with Crippen molar-refractivity contribution >= 4 is 39.0 Å². The van der Waals surface area contributed by atoms with Gasteiger partial charge in [-0.15, -0.1) is 11.3 Å². The second-order valence-corrected chi connectivity index (χ2v) is 8.39. The highest BCUT2D eigenvalue weighted by molar-refractivity contribution is 7.20. The van der Waals surface area contributed by atoms with Gasteiger partial charge in [-0.1, -0.05) is 0 Å². The van der Waals surface area contributed by atoms with Crippen molar-refractivity contribution in [1.29, 1.82) is 0 Å². The lowest BCUT2D eigenvalue weighted by molar-refractivity contribution is -0.0581. The molecule has 164 valence electrons. The van der Waals surface area contributed by atoms with E-state index in [2.05, 4.69) is 15.3 Å². The zero-order valence-electron chi connectivity index (χ0n) is 16.9. The molecular formula is C21H20F3N3O3S. The minimum Gasteiger partial charge on any atom is -0.488 e. The maximum Gasteiger partial charge on any atom is 0.348 e. The molecule has 4 rings (SSSR count). The van der Waals surface area contributed by atoms with Crippen LogP contribution in [0.1, 0.15) is 40.9 Å². The summed E-state index contributed by atoms with van der Waals surface area (Å²) in [5.41, 5.74) is 1.10. The predicted molar refractivity (Wildman–Crippen MR) is 111 cm³/mol. The van der Waals surface area contributed by atoms with E-state index in [9.17, 15) is 18.0 Å². The van der Waals surface area contributed by atoms with Crippen LogP contribution < -0.4 is 10.1 Å². The molecule has 31 heavy (non-hydrogen) atoms. The molecule has 1 N–H and O–H groups in total. The first-order chi connectivity index (χ1) is 14.8. The smallest absolute Gasteiger partial charge is 0.348 e. The maximum atomic E-state index is 13.9. The van der Waals surface area contributed by atoms with E-state index in [4.69, 9.17) is 9.47 Å². The van der Waals surface area contributed by atoms with Crippen LogP contribution in [0.15, 0.2) is 24.5 Å². The second-order valence-electron chi connectivity index (χ2n) is 7.39. The fourth-order valence-corrected chi connectivity index (χ4v) is 4.66. The Balaban J connectivity index is 1.65. The normalized spacial score (nSPS) is 16.3. The molecule has 0 atom stereocenters. The number of esters is 1. The molecule has 0 unspecified atom stereocenters. The SMILES string of the molecule is COC(=O)c1sc2ncnc(Nc3ccc(F)cc3OC3CCC(F)(F)CC3)c2c1C. The Labute approximate surface area is 180 Å². The number of halogens is 3. The van der Waals surface area contributed by atoms with Crippen molar-refractivity contribution in [3.63, 3.8) is 0 Å². The highest BCUT2D eigenvalue weighted by Crippen LogP contribution is 2.39. The number of ether oxygens (including phenoxy) is 2. The number of carbonyl (C=O) groups is 1. The maximum absolute atomic E-state index is 13.9. The standard InChI is InChI=1S/C21H20F3N3O3S/c1-11-16-18(25-10-26-19(16)31-17(11)20(28)29-2)27-14-4-3-12(22)9-15(14)30-13-5-7-21(23,24)8-6-13/h3-4,9-10,13H,5-8H2,1-2H3,(H,25,26,27). The molecule has 0 spiro atoms. The first kappa shape index (κ1) is 21.4. The number of alkyl halides is 2. The summed E-state index contributed by atoms with van der Waals surface area (Å²) in [7, 11) is 1.31. The number of anilines is 2. The highest BCUT2D eigenvalue weighted by Gasteiger charge is 2.36. The number of fused-ring (bicyclic) bond motifs is 1. The zero-order chi connectivity index (χ0) is 22.2. The summed E-state index contributed by atoms with van der Waals surface area (Å²) in [5, 5.41) is 3.76. The average molecular weight is 451 g/mol. The quantitative estimate of drug-likeness (QED) is 0.507. The van der Waals surface area contributed by atoms with Gasteiger partial charge in [-0.25, -0.2) is 27.9 Å². The van der Waals surface area contributed by atoms with Crippen LogP contribution in [0, 0.1) is 12.7 Å². The van der Waals surface area contributed by atoms with Crippen molar-refractivity contribution in [1.82, 2.24) is 9.97 Å². The van der Waals surface area contributed by atoms with Gasteiger partial charge in [0.2, 0.25) is 5.92 Å². The summed E-state index contributed by atoms with van der Waals surface area (Å²) in [6, 6.07) is 3.98. The topological polar surface area (TPSA) is 73.3 Å². The summed E-state index contributed by atoms with van der Waals surface area (Å²) < 4.78 is 51.5. The molecule has 2 aromatic heterocycles. The van der Waals surface area contributed by atoms with E-state index in [0.717, 1.165) is 0 Å². The van der Waals surface area contributed by atoms with Crippen LogP contribution >= 0.6 is 11.3 Å². The number of rotatable bonds is 5. The molecular weight excluding hydrogens is 431 g/mol. The molecule has 0 aliphatic heterocycles. The first-order valence-electron chi connectivity index (χ1n) is 9.71. The predicted octanol–water partition coefficient (Wildman–Crippen LogP) is 5.63. The van der Waals surface area contributed by atoms with Gasteiger partial charge in [-0.3, -0.25) is 0 Å². The van der Waals surface area contributed by atoms with Gasteiger partial charge in [0.05, 0.1) is 24.3 Å². The molecule has 10 heteroatoms. The number of nitrogens with one attached hydrogen (secondary N) is 1. The molecule has 3 aromatic rings. The van der Waals surface area contributed by atoms with E-state index in [-0.39, 0.29) is 31.4 Å². The molecule has 0 amide bonds. The molecule has 1 aliphatic rings. The van der Waals surface area contributed by atoms with Gasteiger partial charge in [-0.2, -0.15) is 0 Å². The van der Waals surface area contributed by atoms with Gasteiger partial charge >= 0.3 is 5.97 Å². The van der Waals surface area contributed by atoms with Gasteiger partial charge in [0.15, 0.2) is 0 Å². The van der Waals surface area contributed by atoms with Crippen LogP contribution in [0.5, 0.6) is 5.75 Å². The van der Waals surface area contributed by atoms with Gasteiger partial charge in [0, 0.05) is 18.9 Å². The van der Waals surface area contributed by atoms with Crippen LogP contribution in [0.4, 0.5) is 24.7 Å². The lowest BCUT2D eigenvalue weighted by Crippen LogP contribution is -2.30. The Bertz CT molecular complexity index is 1130. The van der Waals surface area contributed by atoms with E-state index in [1.165, 1.54) is 43.0 Å². The zero-order valence-corrected chi connectivity index (χ0v) is 17.7. The van der Waals surface area contributed by atoms with Gasteiger partial charge < -0.3 is 14.8 Å². The Hall–Kier alpha value is -2.88. The summed E-state index contributed by atoms with van der Waals surface area (Å²) in [6.45, 7) is 1.77. The average Bonchev–Trinajstić information content (AvgIpc) is 3.08. The molecule has 1 saturated carbocycles. The van der Waals surface area contributed by atoms with E-state index < -0.39 is 23.8 Å². The van der Waals surface area contributed by atoms with Crippen molar-refractivity contribution in [2.45, 2.75) is 44.6 Å². The fourth-order valence-electron chi connectivity index (χ4n) is 3.59. The molecule has 2 heterocycles. The van der Waals surface area contributed by atoms with E-state index in [1.807, 2.05) is 0 Å². The largest absolute Gasteiger partial charge is 0.488 e. The number of methoxy groups -OCH3 is 1. The van der Waals surface area contributed by atoms with Gasteiger partial charge in [-0.05, 0) is 37.5 Å². The van der Waals surface area contributed by atoms with Crippen molar-refractivity contribution < 1.29 is 27.4 Å². The lowest BCUT2D eigenvalue weighted by atomic mass is 9.94. The first-order valence-corrected chi connectivity index (χ1v) is 10.5. The summed E-state index contributed by atoms with van der Waals surface area (Å²) in [5.74, 6) is -3.02. The lowest BCUT2D eigenvalue weighted by Gasteiger charge is -2.29. The molecule has 1 fully saturated rings. The number of nitrogens with zero attached hydrogens (tertiary/aromatic N) is 2. The van der Waals surface area contributed by atoms with Crippen LogP contribution in [0.2, 0.25) is 0 Å². The van der Waals surface area contributed by atoms with Crippen LogP contribution in [-0.4, -0.2) is 35.1 Å². The molecule has 0 radical (unpaired) electrons. The number of hydrogen-bond acceptors (Lipinski definition) is 7. The molecule has 1 aromatic carbocycles. The Kier molecular flexibility index (Phi) is 5.74. The minimum atomic E-state index is -2.68. The molecule has 1 aliphatic carbocycles. The third-order valence-corrected chi connectivity index (χ3v) is 6.43. The number of aryl methyl sites for hydroxylation is 1. The van der Waals surface area contributed by atoms with E-state index in [1.54, 1.807) is 6.92 Å². The van der Waals surface area contributed by atoms with Gasteiger partial charge in [0.1, 0.15) is 33.4 Å². The summed E-state index contributed by atoms with van der Waals surface area (Å²) >= 11 is 1.19. The van der Waals surface area contributed by atoms with Crippen molar-refractivity contribution in [3.8, 4) is 5.75 Å². The van der Waals surface area contributed by atoms with E-state index in [0.29, 0.717) is 32.2 Å². The summed E-state index contributed by atoms with van der Waals surface area (Å²) in [6.07, 6.45) is 0.787.